The molecule has 0 saturated carbocycles. The first-order valence-electron chi connectivity index (χ1n) is 7.05. The van der Waals surface area contributed by atoms with Gasteiger partial charge in [0, 0.05) is 16.6 Å². The van der Waals surface area contributed by atoms with Crippen LogP contribution in [0.15, 0.2) is 41.3 Å². The third-order valence-corrected chi connectivity index (χ3v) is 5.35. The zero-order valence-corrected chi connectivity index (χ0v) is 15.5. The molecular weight excluding hydrogens is 373 g/mol. The van der Waals surface area contributed by atoms with Crippen LogP contribution in [0.2, 0.25) is 10.0 Å². The van der Waals surface area contributed by atoms with Gasteiger partial charge in [-0.3, -0.25) is 0 Å². The van der Waals surface area contributed by atoms with Crippen LogP contribution >= 0.6 is 23.2 Å². The third kappa shape index (κ3) is 4.77. The second kappa shape index (κ2) is 8.07. The number of sulfonamides is 1. The fourth-order valence-electron chi connectivity index (χ4n) is 1.95. The van der Waals surface area contributed by atoms with E-state index >= 15 is 0 Å². The molecule has 0 unspecified atom stereocenters. The summed E-state index contributed by atoms with van der Waals surface area (Å²) in [5.41, 5.74) is 0.942. The van der Waals surface area contributed by atoms with Crippen molar-refractivity contribution in [1.29, 1.82) is 0 Å². The molecule has 0 aromatic heterocycles. The van der Waals surface area contributed by atoms with Gasteiger partial charge >= 0.3 is 0 Å². The Labute approximate surface area is 151 Å². The molecule has 0 aliphatic rings. The summed E-state index contributed by atoms with van der Waals surface area (Å²) in [6.45, 7) is 2.13. The second-order valence-electron chi connectivity index (χ2n) is 4.95. The van der Waals surface area contributed by atoms with Gasteiger partial charge in [0.1, 0.15) is 23.0 Å². The molecule has 0 aliphatic heterocycles. The van der Waals surface area contributed by atoms with E-state index in [-0.39, 0.29) is 23.8 Å². The van der Waals surface area contributed by atoms with Gasteiger partial charge in [-0.05, 0) is 42.8 Å². The zero-order chi connectivity index (χ0) is 17.7. The van der Waals surface area contributed by atoms with Crippen LogP contribution in [-0.4, -0.2) is 28.7 Å². The van der Waals surface area contributed by atoms with Crippen molar-refractivity contribution in [3.63, 3.8) is 0 Å². The summed E-state index contributed by atoms with van der Waals surface area (Å²) in [6.07, 6.45) is 0. The summed E-state index contributed by atoms with van der Waals surface area (Å²) >= 11 is 11.9. The maximum Gasteiger partial charge on any atom is 0.244 e. The van der Waals surface area contributed by atoms with Crippen molar-refractivity contribution in [1.82, 2.24) is 4.72 Å². The Morgan fingerprint density at radius 2 is 1.88 bits per heavy atom. The summed E-state index contributed by atoms with van der Waals surface area (Å²) in [5, 5.41) is 0.901. The highest BCUT2D eigenvalue weighted by Gasteiger charge is 2.19. The van der Waals surface area contributed by atoms with Gasteiger partial charge in [0.15, 0.2) is 0 Å². The zero-order valence-electron chi connectivity index (χ0n) is 13.2. The number of halogens is 2. The molecule has 1 N–H and O–H groups in total. The molecule has 5 nitrogen and oxygen atoms in total. The van der Waals surface area contributed by atoms with Gasteiger partial charge in [-0.2, -0.15) is 0 Å². The lowest BCUT2D eigenvalue weighted by Crippen LogP contribution is -2.28. The van der Waals surface area contributed by atoms with E-state index in [1.165, 1.54) is 19.2 Å². The molecule has 0 spiro atoms. The van der Waals surface area contributed by atoms with Crippen LogP contribution in [0, 0.1) is 6.92 Å². The normalized spacial score (nSPS) is 11.3. The van der Waals surface area contributed by atoms with Gasteiger partial charge in [-0.15, -0.1) is 0 Å². The highest BCUT2D eigenvalue weighted by atomic mass is 35.5. The van der Waals surface area contributed by atoms with E-state index in [9.17, 15) is 8.42 Å². The minimum absolute atomic E-state index is 0.0177. The lowest BCUT2D eigenvalue weighted by atomic mass is 10.2. The molecule has 0 saturated heterocycles. The highest BCUT2D eigenvalue weighted by molar-refractivity contribution is 7.89. The van der Waals surface area contributed by atoms with Crippen LogP contribution in [0.1, 0.15) is 5.56 Å². The van der Waals surface area contributed by atoms with Crippen LogP contribution in [0.5, 0.6) is 11.5 Å². The van der Waals surface area contributed by atoms with Crippen LogP contribution in [0.3, 0.4) is 0 Å². The number of methoxy groups -OCH3 is 1. The second-order valence-corrected chi connectivity index (χ2v) is 7.53. The smallest absolute Gasteiger partial charge is 0.244 e. The molecular formula is C16H17Cl2NO4S. The number of benzene rings is 2. The molecule has 0 aliphatic carbocycles. The first-order valence-corrected chi connectivity index (χ1v) is 9.29. The van der Waals surface area contributed by atoms with Crippen LogP contribution in [0.4, 0.5) is 0 Å². The first-order chi connectivity index (χ1) is 11.3. The molecule has 0 fully saturated rings. The topological polar surface area (TPSA) is 64.6 Å². The van der Waals surface area contributed by atoms with Gasteiger partial charge in [-0.1, -0.05) is 29.3 Å². The Morgan fingerprint density at radius 1 is 1.12 bits per heavy atom. The summed E-state index contributed by atoms with van der Waals surface area (Å²) in [6, 6.07) is 9.69. The number of rotatable bonds is 7. The van der Waals surface area contributed by atoms with Gasteiger partial charge in [0.2, 0.25) is 10.0 Å². The van der Waals surface area contributed by atoms with Gasteiger partial charge in [0.05, 0.1) is 7.11 Å². The molecule has 0 bridgehead atoms. The molecule has 0 atom stereocenters. The van der Waals surface area contributed by atoms with Crippen molar-refractivity contribution in [2.45, 2.75) is 11.8 Å². The number of hydrogen-bond acceptors (Lipinski definition) is 4. The van der Waals surface area contributed by atoms with E-state index in [2.05, 4.69) is 4.72 Å². The lowest BCUT2D eigenvalue weighted by molar-refractivity contribution is 0.322. The molecule has 2 aromatic carbocycles. The minimum Gasteiger partial charge on any atom is -0.495 e. The third-order valence-electron chi connectivity index (χ3n) is 3.22. The standard InChI is InChI=1S/C16H17Cl2NO4S/c1-11-3-5-13(10-14(11)18)23-8-7-19-24(20,21)16-9-12(17)4-6-15(16)22-2/h3-6,9-10,19H,7-8H2,1-2H3. The summed E-state index contributed by atoms with van der Waals surface area (Å²) < 4.78 is 37.7. The van der Waals surface area contributed by atoms with Crippen LogP contribution < -0.4 is 14.2 Å². The minimum atomic E-state index is -3.76. The molecule has 0 radical (unpaired) electrons. The van der Waals surface area contributed by atoms with E-state index in [0.717, 1.165) is 5.56 Å². The SMILES string of the molecule is COc1ccc(Cl)cc1S(=O)(=O)NCCOc1ccc(C)c(Cl)c1. The van der Waals surface area contributed by atoms with Gasteiger partial charge in [0.25, 0.3) is 0 Å². The van der Waals surface area contributed by atoms with E-state index in [0.29, 0.717) is 15.8 Å². The van der Waals surface area contributed by atoms with Crippen molar-refractivity contribution in [2.24, 2.45) is 0 Å². The predicted molar refractivity (Wildman–Crippen MR) is 94.9 cm³/mol. The van der Waals surface area contributed by atoms with Crippen molar-refractivity contribution < 1.29 is 17.9 Å². The van der Waals surface area contributed by atoms with Gasteiger partial charge in [-0.25, -0.2) is 13.1 Å². The molecule has 8 heteroatoms. The molecule has 0 amide bonds. The average molecular weight is 390 g/mol. The first kappa shape index (κ1) is 18.9. The highest BCUT2D eigenvalue weighted by Crippen LogP contribution is 2.26. The van der Waals surface area contributed by atoms with E-state index < -0.39 is 10.0 Å². The lowest BCUT2D eigenvalue weighted by Gasteiger charge is -2.12. The van der Waals surface area contributed by atoms with E-state index in [1.807, 2.05) is 13.0 Å². The molecule has 24 heavy (non-hydrogen) atoms. The quantitative estimate of drug-likeness (QED) is 0.733. The fourth-order valence-corrected chi connectivity index (χ4v) is 3.56. The fraction of sp³-hybridized carbons (Fsp3) is 0.250. The molecule has 2 aromatic rings. The summed E-state index contributed by atoms with van der Waals surface area (Å²) in [4.78, 5) is -0.0177. The molecule has 2 rings (SSSR count). The molecule has 130 valence electrons. The van der Waals surface area contributed by atoms with E-state index in [4.69, 9.17) is 32.7 Å². The number of nitrogens with one attached hydrogen (secondary N) is 1. The largest absolute Gasteiger partial charge is 0.495 e. The Balaban J connectivity index is 1.98. The monoisotopic (exact) mass is 389 g/mol. The van der Waals surface area contributed by atoms with Crippen molar-refractivity contribution in [3.05, 3.63) is 52.0 Å². The average Bonchev–Trinajstić information content (AvgIpc) is 2.55. The van der Waals surface area contributed by atoms with Crippen molar-refractivity contribution in [2.75, 3.05) is 20.3 Å². The Hall–Kier alpha value is -1.47. The van der Waals surface area contributed by atoms with Gasteiger partial charge < -0.3 is 9.47 Å². The predicted octanol–water partition coefficient (Wildman–Crippen LogP) is 3.67. The van der Waals surface area contributed by atoms with Crippen molar-refractivity contribution >= 4 is 33.2 Å². The van der Waals surface area contributed by atoms with E-state index in [1.54, 1.807) is 18.2 Å². The Morgan fingerprint density at radius 3 is 2.54 bits per heavy atom. The van der Waals surface area contributed by atoms with Crippen LogP contribution in [0.25, 0.3) is 0 Å². The van der Waals surface area contributed by atoms with Crippen molar-refractivity contribution in [3.8, 4) is 11.5 Å². The molecule has 0 heterocycles. The Kier molecular flexibility index (Phi) is 6.34. The van der Waals surface area contributed by atoms with Crippen LogP contribution in [-0.2, 0) is 10.0 Å². The number of aryl methyl sites for hydroxylation is 1. The number of hydrogen-bond donors (Lipinski definition) is 1. The Bertz CT molecular complexity index is 825. The number of ether oxygens (including phenoxy) is 2. The maximum absolute atomic E-state index is 12.3. The summed E-state index contributed by atoms with van der Waals surface area (Å²) in [7, 11) is -2.37. The maximum atomic E-state index is 12.3. The summed E-state index contributed by atoms with van der Waals surface area (Å²) in [5.74, 6) is 0.795.